The van der Waals surface area contributed by atoms with Crippen LogP contribution in [0.1, 0.15) is 55.3 Å². The maximum Gasteiger partial charge on any atom is 0.122 e. The molecule has 3 aromatic rings. The van der Waals surface area contributed by atoms with E-state index in [-0.39, 0.29) is 12.1 Å². The van der Waals surface area contributed by atoms with Crippen LogP contribution in [0.15, 0.2) is 60.8 Å². The number of halogens is 1. The second-order valence-electron chi connectivity index (χ2n) is 9.70. The van der Waals surface area contributed by atoms with Gasteiger partial charge in [-0.05, 0) is 93.1 Å². The number of aliphatic hydroxyl groups is 1. The molecular weight excluding hydrogens is 468 g/mol. The summed E-state index contributed by atoms with van der Waals surface area (Å²) in [6, 6.07) is 17.8. The van der Waals surface area contributed by atoms with Crippen molar-refractivity contribution in [3.63, 3.8) is 0 Å². The van der Waals surface area contributed by atoms with Gasteiger partial charge in [-0.2, -0.15) is 0 Å². The van der Waals surface area contributed by atoms with Crippen LogP contribution in [-0.2, 0) is 0 Å². The van der Waals surface area contributed by atoms with E-state index in [1.165, 1.54) is 25.7 Å². The van der Waals surface area contributed by atoms with E-state index in [1.54, 1.807) is 0 Å². The SMILES string of the molecule is Cc1cc(C#Cc2ccc(-c3ccc(Cl)cc3)cn2)ccc1OCCC1(N(C)CCCO)CCCC1. The molecule has 1 heterocycles. The molecule has 4 rings (SSSR count). The average Bonchev–Trinajstić information content (AvgIpc) is 3.38. The number of hydrogen-bond donors (Lipinski definition) is 1. The quantitative estimate of drug-likeness (QED) is 0.339. The number of aromatic nitrogens is 1. The van der Waals surface area contributed by atoms with Crippen molar-refractivity contribution in [1.82, 2.24) is 9.88 Å². The van der Waals surface area contributed by atoms with Gasteiger partial charge < -0.3 is 14.7 Å². The van der Waals surface area contributed by atoms with Crippen LogP contribution in [0.2, 0.25) is 5.02 Å². The molecule has 1 saturated carbocycles. The van der Waals surface area contributed by atoms with Crippen molar-refractivity contribution < 1.29 is 9.84 Å². The Balaban J connectivity index is 1.35. The second-order valence-corrected chi connectivity index (χ2v) is 10.1. The van der Waals surface area contributed by atoms with Crippen molar-refractivity contribution in [2.24, 2.45) is 0 Å². The van der Waals surface area contributed by atoms with Gasteiger partial charge in [0.2, 0.25) is 0 Å². The van der Waals surface area contributed by atoms with Gasteiger partial charge in [0.05, 0.1) is 6.61 Å². The van der Waals surface area contributed by atoms with Gasteiger partial charge in [0.25, 0.3) is 0 Å². The fraction of sp³-hybridized carbons (Fsp3) is 0.387. The highest BCUT2D eigenvalue weighted by atomic mass is 35.5. The standard InChI is InChI=1S/C31H35ClN2O2/c1-24-22-25(6-13-29-14-10-27(23-33-29)26-8-11-28(32)12-9-26)7-15-30(24)36-21-18-31(16-3-4-17-31)34(2)19-5-20-35/h7-12,14-15,22-23,35H,3-5,16-21H2,1-2H3. The fourth-order valence-corrected chi connectivity index (χ4v) is 5.18. The summed E-state index contributed by atoms with van der Waals surface area (Å²) in [5, 5.41) is 9.94. The largest absolute Gasteiger partial charge is 0.493 e. The highest BCUT2D eigenvalue weighted by molar-refractivity contribution is 6.30. The van der Waals surface area contributed by atoms with Crippen LogP contribution in [-0.4, -0.2) is 47.3 Å². The normalized spacial score (nSPS) is 14.5. The zero-order valence-electron chi connectivity index (χ0n) is 21.3. The molecule has 1 aromatic heterocycles. The lowest BCUT2D eigenvalue weighted by Gasteiger charge is -2.39. The van der Waals surface area contributed by atoms with Crippen molar-refractivity contribution in [1.29, 1.82) is 0 Å². The van der Waals surface area contributed by atoms with Crippen molar-refractivity contribution in [2.75, 3.05) is 26.8 Å². The molecule has 0 amide bonds. The van der Waals surface area contributed by atoms with Crippen molar-refractivity contribution >= 4 is 11.6 Å². The highest BCUT2D eigenvalue weighted by Crippen LogP contribution is 2.37. The van der Waals surface area contributed by atoms with E-state index in [9.17, 15) is 5.11 Å². The summed E-state index contributed by atoms with van der Waals surface area (Å²) in [6.07, 6.45) is 8.63. The first-order valence-electron chi connectivity index (χ1n) is 12.8. The number of pyridine rings is 1. The average molecular weight is 503 g/mol. The van der Waals surface area contributed by atoms with Gasteiger partial charge in [0.1, 0.15) is 11.4 Å². The van der Waals surface area contributed by atoms with Gasteiger partial charge in [-0.1, -0.05) is 48.6 Å². The van der Waals surface area contributed by atoms with Crippen LogP contribution in [0.25, 0.3) is 11.1 Å². The number of nitrogens with zero attached hydrogens (tertiary/aromatic N) is 2. The lowest BCUT2D eigenvalue weighted by Crippen LogP contribution is -2.46. The van der Waals surface area contributed by atoms with Crippen molar-refractivity contribution in [3.05, 3.63) is 82.6 Å². The molecule has 0 unspecified atom stereocenters. The first-order chi connectivity index (χ1) is 17.5. The van der Waals surface area contributed by atoms with Gasteiger partial charge in [-0.15, -0.1) is 0 Å². The Bertz CT molecular complexity index is 1190. The molecule has 0 spiro atoms. The lowest BCUT2D eigenvalue weighted by atomic mass is 9.91. The molecule has 1 N–H and O–H groups in total. The summed E-state index contributed by atoms with van der Waals surface area (Å²) in [4.78, 5) is 6.95. The summed E-state index contributed by atoms with van der Waals surface area (Å²) in [5.41, 5.74) is 5.07. The summed E-state index contributed by atoms with van der Waals surface area (Å²) < 4.78 is 6.21. The maximum atomic E-state index is 9.22. The Labute approximate surface area is 220 Å². The van der Waals surface area contributed by atoms with E-state index < -0.39 is 0 Å². The molecule has 5 heteroatoms. The molecule has 1 aliphatic rings. The Morgan fingerprint density at radius 1 is 1.03 bits per heavy atom. The summed E-state index contributed by atoms with van der Waals surface area (Å²) >= 11 is 5.98. The number of ether oxygens (including phenoxy) is 1. The van der Waals surface area contributed by atoms with E-state index in [2.05, 4.69) is 41.8 Å². The molecule has 4 nitrogen and oxygen atoms in total. The molecule has 1 aliphatic carbocycles. The number of hydrogen-bond acceptors (Lipinski definition) is 4. The van der Waals surface area contributed by atoms with Crippen LogP contribution >= 0.6 is 11.6 Å². The Morgan fingerprint density at radius 2 is 1.78 bits per heavy atom. The zero-order valence-corrected chi connectivity index (χ0v) is 22.0. The van der Waals surface area contributed by atoms with Crippen molar-refractivity contribution in [3.8, 4) is 28.7 Å². The topological polar surface area (TPSA) is 45.6 Å². The zero-order chi connectivity index (χ0) is 25.4. The smallest absolute Gasteiger partial charge is 0.122 e. The monoisotopic (exact) mass is 502 g/mol. The lowest BCUT2D eigenvalue weighted by molar-refractivity contribution is 0.0869. The Hall–Kier alpha value is -2.84. The molecule has 0 saturated heterocycles. The first-order valence-corrected chi connectivity index (χ1v) is 13.2. The van der Waals surface area contributed by atoms with Gasteiger partial charge in [0, 0.05) is 41.0 Å². The van der Waals surface area contributed by atoms with Gasteiger partial charge in [0.15, 0.2) is 0 Å². The van der Waals surface area contributed by atoms with E-state index in [0.717, 1.165) is 58.1 Å². The molecule has 2 aromatic carbocycles. The number of rotatable bonds is 9. The van der Waals surface area contributed by atoms with Crippen LogP contribution in [0.4, 0.5) is 0 Å². The predicted octanol–water partition coefficient (Wildman–Crippen LogP) is 6.51. The number of aliphatic hydroxyl groups excluding tert-OH is 1. The third-order valence-corrected chi connectivity index (χ3v) is 7.52. The molecule has 0 radical (unpaired) electrons. The Kier molecular flexibility index (Phi) is 9.04. The van der Waals surface area contributed by atoms with Gasteiger partial charge in [-0.25, -0.2) is 4.98 Å². The third kappa shape index (κ3) is 6.68. The van der Waals surface area contributed by atoms with Crippen LogP contribution in [0.5, 0.6) is 5.75 Å². The first kappa shape index (κ1) is 26.2. The van der Waals surface area contributed by atoms with E-state index in [1.807, 2.05) is 54.7 Å². The minimum Gasteiger partial charge on any atom is -0.493 e. The Morgan fingerprint density at radius 3 is 2.44 bits per heavy atom. The fourth-order valence-electron chi connectivity index (χ4n) is 5.06. The van der Waals surface area contributed by atoms with Gasteiger partial charge >= 0.3 is 0 Å². The molecule has 0 aliphatic heterocycles. The number of benzene rings is 2. The predicted molar refractivity (Wildman–Crippen MR) is 147 cm³/mol. The summed E-state index contributed by atoms with van der Waals surface area (Å²) in [6.45, 7) is 3.94. The number of aryl methyl sites for hydroxylation is 1. The molecule has 188 valence electrons. The molecule has 1 fully saturated rings. The van der Waals surface area contributed by atoms with Crippen LogP contribution in [0, 0.1) is 18.8 Å². The van der Waals surface area contributed by atoms with Crippen LogP contribution in [0.3, 0.4) is 0 Å². The summed E-state index contributed by atoms with van der Waals surface area (Å²) in [5.74, 6) is 7.30. The van der Waals surface area contributed by atoms with Gasteiger partial charge in [-0.3, -0.25) is 0 Å². The van der Waals surface area contributed by atoms with Crippen LogP contribution < -0.4 is 4.74 Å². The van der Waals surface area contributed by atoms with E-state index in [4.69, 9.17) is 16.3 Å². The molecule has 0 atom stereocenters. The molecule has 36 heavy (non-hydrogen) atoms. The summed E-state index contributed by atoms with van der Waals surface area (Å²) in [7, 11) is 2.19. The second kappa shape index (κ2) is 12.4. The highest BCUT2D eigenvalue weighted by Gasteiger charge is 2.37. The minimum atomic E-state index is 0.199. The minimum absolute atomic E-state index is 0.199. The third-order valence-electron chi connectivity index (χ3n) is 7.27. The van der Waals surface area contributed by atoms with Crippen molar-refractivity contribution in [2.45, 2.75) is 51.0 Å². The maximum absolute atomic E-state index is 9.22. The van der Waals surface area contributed by atoms with E-state index >= 15 is 0 Å². The molecular formula is C31H35ClN2O2. The molecule has 0 bridgehead atoms. The van der Waals surface area contributed by atoms with E-state index in [0.29, 0.717) is 6.61 Å².